The molecule has 0 aliphatic heterocycles. The molecule has 37 heavy (non-hydrogen) atoms. The quantitative estimate of drug-likeness (QED) is 0.246. The molecular weight excluding hydrogens is 491 g/mol. The van der Waals surface area contributed by atoms with Crippen LogP contribution in [0.25, 0.3) is 33.7 Å². The van der Waals surface area contributed by atoms with Gasteiger partial charge in [0, 0.05) is 16.5 Å². The Morgan fingerprint density at radius 2 is 1.76 bits per heavy atom. The van der Waals surface area contributed by atoms with Crippen LogP contribution in [0.4, 0.5) is 9.52 Å². The molecule has 2 heterocycles. The molecule has 3 aromatic carbocycles. The predicted molar refractivity (Wildman–Crippen MR) is 142 cm³/mol. The Balaban J connectivity index is 1.26. The van der Waals surface area contributed by atoms with Crippen molar-refractivity contribution in [3.63, 3.8) is 0 Å². The van der Waals surface area contributed by atoms with Crippen molar-refractivity contribution in [1.82, 2.24) is 15.0 Å². The van der Waals surface area contributed by atoms with E-state index in [4.69, 9.17) is 4.74 Å². The fourth-order valence-corrected chi connectivity index (χ4v) is 4.50. The summed E-state index contributed by atoms with van der Waals surface area (Å²) in [6.07, 6.45) is -0.705. The molecule has 0 saturated carbocycles. The number of thiazole rings is 1. The van der Waals surface area contributed by atoms with Crippen molar-refractivity contribution in [1.29, 1.82) is 0 Å². The summed E-state index contributed by atoms with van der Waals surface area (Å²) in [4.78, 5) is 37.9. The van der Waals surface area contributed by atoms with Gasteiger partial charge in [0.25, 0.3) is 5.91 Å². The van der Waals surface area contributed by atoms with Gasteiger partial charge in [0.15, 0.2) is 11.2 Å². The number of amides is 1. The summed E-state index contributed by atoms with van der Waals surface area (Å²) < 4.78 is 18.7. The Hall–Kier alpha value is -4.37. The van der Waals surface area contributed by atoms with Crippen LogP contribution in [0.3, 0.4) is 0 Å². The minimum atomic E-state index is -0.994. The molecular formula is C28H23FN4O3S. The standard InChI is InChI=1S/C28H23FN4O3S/c1-3-24(26(34)33-28-32-23(15-37-28)17-8-11-20(29)12-9-17)36-27(35)19-10-13-21-22(14-19)31-25(30-21)18-6-4-16(2)5-7-18/h4-15,24H,3H2,1-2H3,(H,30,31)(H,32,33,34). The van der Waals surface area contributed by atoms with E-state index < -0.39 is 18.0 Å². The third kappa shape index (κ3) is 5.41. The van der Waals surface area contributed by atoms with Crippen molar-refractivity contribution in [2.75, 3.05) is 5.32 Å². The number of nitrogens with zero attached hydrogens (tertiary/aromatic N) is 2. The first-order valence-electron chi connectivity index (χ1n) is 11.7. The van der Waals surface area contributed by atoms with Gasteiger partial charge in [0.05, 0.1) is 22.3 Å². The largest absolute Gasteiger partial charge is 0.449 e. The van der Waals surface area contributed by atoms with E-state index in [0.717, 1.165) is 22.2 Å². The topological polar surface area (TPSA) is 97.0 Å². The van der Waals surface area contributed by atoms with E-state index in [1.807, 2.05) is 31.2 Å². The number of anilines is 1. The molecule has 0 saturated heterocycles. The summed E-state index contributed by atoms with van der Waals surface area (Å²) >= 11 is 1.23. The monoisotopic (exact) mass is 514 g/mol. The van der Waals surface area contributed by atoms with Crippen molar-refractivity contribution in [2.45, 2.75) is 26.4 Å². The number of benzene rings is 3. The Bertz CT molecular complexity index is 1580. The van der Waals surface area contributed by atoms with E-state index >= 15 is 0 Å². The molecule has 2 N–H and O–H groups in total. The normalized spacial score (nSPS) is 11.9. The van der Waals surface area contributed by atoms with Crippen molar-refractivity contribution in [3.8, 4) is 22.6 Å². The van der Waals surface area contributed by atoms with Gasteiger partial charge in [-0.3, -0.25) is 10.1 Å². The molecule has 186 valence electrons. The molecule has 5 aromatic rings. The van der Waals surface area contributed by atoms with Crippen LogP contribution in [0.1, 0.15) is 29.3 Å². The molecule has 1 atom stereocenters. The van der Waals surface area contributed by atoms with Gasteiger partial charge in [-0.1, -0.05) is 36.8 Å². The SMILES string of the molecule is CCC(OC(=O)c1ccc2nc(-c3ccc(C)cc3)[nH]c2c1)C(=O)Nc1nc(-c2ccc(F)cc2)cs1. The molecule has 0 aliphatic carbocycles. The molecule has 5 rings (SSSR count). The highest BCUT2D eigenvalue weighted by Gasteiger charge is 2.23. The number of nitrogens with one attached hydrogen (secondary N) is 2. The molecule has 1 amide bonds. The van der Waals surface area contributed by atoms with E-state index in [0.29, 0.717) is 27.7 Å². The number of esters is 1. The van der Waals surface area contributed by atoms with Gasteiger partial charge < -0.3 is 9.72 Å². The predicted octanol–water partition coefficient (Wildman–Crippen LogP) is 6.38. The first kappa shape index (κ1) is 24.3. The van der Waals surface area contributed by atoms with Crippen LogP contribution in [-0.4, -0.2) is 32.9 Å². The average molecular weight is 515 g/mol. The third-order valence-corrected chi connectivity index (χ3v) is 6.59. The Morgan fingerprint density at radius 3 is 2.49 bits per heavy atom. The number of halogens is 1. The van der Waals surface area contributed by atoms with E-state index in [1.54, 1.807) is 42.6 Å². The minimum Gasteiger partial charge on any atom is -0.449 e. The lowest BCUT2D eigenvalue weighted by atomic mass is 10.1. The van der Waals surface area contributed by atoms with Gasteiger partial charge in [-0.05, 0) is 55.8 Å². The molecule has 0 fully saturated rings. The summed E-state index contributed by atoms with van der Waals surface area (Å²) in [5.41, 5.74) is 5.17. The Morgan fingerprint density at radius 1 is 1.03 bits per heavy atom. The number of aromatic nitrogens is 3. The number of rotatable bonds is 7. The fourth-order valence-electron chi connectivity index (χ4n) is 3.77. The van der Waals surface area contributed by atoms with E-state index in [2.05, 4.69) is 20.3 Å². The second-order valence-corrected chi connectivity index (χ2v) is 9.38. The van der Waals surface area contributed by atoms with Gasteiger partial charge in [-0.15, -0.1) is 11.3 Å². The first-order chi connectivity index (χ1) is 17.9. The number of aromatic amines is 1. The van der Waals surface area contributed by atoms with Crippen molar-refractivity contribution in [2.24, 2.45) is 0 Å². The maximum Gasteiger partial charge on any atom is 0.338 e. The summed E-state index contributed by atoms with van der Waals surface area (Å²) in [5.74, 6) is -0.713. The van der Waals surface area contributed by atoms with Crippen LogP contribution in [0.5, 0.6) is 0 Å². The lowest BCUT2D eigenvalue weighted by Gasteiger charge is -2.15. The average Bonchev–Trinajstić information content (AvgIpc) is 3.54. The van der Waals surface area contributed by atoms with E-state index in [-0.39, 0.29) is 12.2 Å². The smallest absolute Gasteiger partial charge is 0.338 e. The number of carbonyl (C=O) groups is 2. The Labute approximate surface area is 216 Å². The van der Waals surface area contributed by atoms with Crippen LogP contribution in [0.2, 0.25) is 0 Å². The van der Waals surface area contributed by atoms with Crippen LogP contribution >= 0.6 is 11.3 Å². The molecule has 2 aromatic heterocycles. The zero-order valence-electron chi connectivity index (χ0n) is 20.1. The molecule has 0 radical (unpaired) electrons. The number of H-pyrrole nitrogens is 1. The van der Waals surface area contributed by atoms with Gasteiger partial charge in [-0.2, -0.15) is 0 Å². The van der Waals surface area contributed by atoms with Crippen LogP contribution in [0.15, 0.2) is 72.1 Å². The number of carbonyl (C=O) groups excluding carboxylic acids is 2. The molecule has 9 heteroatoms. The number of fused-ring (bicyclic) bond motifs is 1. The Kier molecular flexibility index (Phi) is 6.78. The number of ether oxygens (including phenoxy) is 1. The summed E-state index contributed by atoms with van der Waals surface area (Å²) in [5, 5.41) is 4.83. The number of hydrogen-bond donors (Lipinski definition) is 2. The minimum absolute atomic E-state index is 0.289. The van der Waals surface area contributed by atoms with Crippen molar-refractivity contribution < 1.29 is 18.7 Å². The second-order valence-electron chi connectivity index (χ2n) is 8.52. The maximum atomic E-state index is 13.2. The zero-order valence-corrected chi connectivity index (χ0v) is 20.9. The second kappa shape index (κ2) is 10.3. The maximum absolute atomic E-state index is 13.2. The van der Waals surface area contributed by atoms with E-state index in [1.165, 1.54) is 23.5 Å². The van der Waals surface area contributed by atoms with Gasteiger partial charge >= 0.3 is 5.97 Å². The van der Waals surface area contributed by atoms with Gasteiger partial charge in [-0.25, -0.2) is 19.2 Å². The molecule has 0 spiro atoms. The molecule has 0 bridgehead atoms. The lowest BCUT2D eigenvalue weighted by molar-refractivity contribution is -0.124. The van der Waals surface area contributed by atoms with Crippen LogP contribution < -0.4 is 5.32 Å². The zero-order chi connectivity index (χ0) is 25.9. The molecule has 1 unspecified atom stereocenters. The number of aryl methyl sites for hydroxylation is 1. The summed E-state index contributed by atoms with van der Waals surface area (Å²) in [6, 6.07) is 19.0. The van der Waals surface area contributed by atoms with Crippen LogP contribution in [-0.2, 0) is 9.53 Å². The van der Waals surface area contributed by atoms with Crippen LogP contribution in [0, 0.1) is 12.7 Å². The van der Waals surface area contributed by atoms with Gasteiger partial charge in [0.1, 0.15) is 11.6 Å². The van der Waals surface area contributed by atoms with Crippen molar-refractivity contribution in [3.05, 3.63) is 89.1 Å². The summed E-state index contributed by atoms with van der Waals surface area (Å²) in [7, 11) is 0. The first-order valence-corrected chi connectivity index (χ1v) is 12.6. The fraction of sp³-hybridized carbons (Fsp3) is 0.143. The highest BCUT2D eigenvalue weighted by molar-refractivity contribution is 7.14. The third-order valence-electron chi connectivity index (χ3n) is 5.83. The van der Waals surface area contributed by atoms with E-state index in [9.17, 15) is 14.0 Å². The number of imidazole rings is 1. The summed E-state index contributed by atoms with van der Waals surface area (Å²) in [6.45, 7) is 3.78. The molecule has 0 aliphatic rings. The highest BCUT2D eigenvalue weighted by atomic mass is 32.1. The lowest BCUT2D eigenvalue weighted by Crippen LogP contribution is -2.32. The van der Waals surface area contributed by atoms with Gasteiger partial charge in [0.2, 0.25) is 0 Å². The molecule has 7 nitrogen and oxygen atoms in total. The number of hydrogen-bond acceptors (Lipinski definition) is 6. The van der Waals surface area contributed by atoms with Crippen molar-refractivity contribution >= 4 is 39.4 Å². The highest BCUT2D eigenvalue weighted by Crippen LogP contribution is 2.26.